The highest BCUT2D eigenvalue weighted by molar-refractivity contribution is 9.10. The maximum Gasteiger partial charge on any atom is 0.257 e. The molecule has 2 rings (SSSR count). The minimum absolute atomic E-state index is 0.268. The van der Waals surface area contributed by atoms with Crippen LogP contribution >= 0.6 is 28.1 Å². The molecule has 130 valence electrons. The molecule has 0 saturated heterocycles. The lowest BCUT2D eigenvalue weighted by molar-refractivity contribution is 0.0976. The molecule has 0 aliphatic carbocycles. The second kappa shape index (κ2) is 9.96. The lowest BCUT2D eigenvalue weighted by Gasteiger charge is -2.11. The third-order valence-corrected chi connectivity index (χ3v) is 4.19. The van der Waals surface area contributed by atoms with Crippen LogP contribution in [0.1, 0.15) is 15.9 Å². The van der Waals surface area contributed by atoms with Gasteiger partial charge in [-0.25, -0.2) is 0 Å². The maximum atomic E-state index is 12.2. The van der Waals surface area contributed by atoms with E-state index in [2.05, 4.69) is 45.3 Å². The van der Waals surface area contributed by atoms with Gasteiger partial charge < -0.3 is 10.1 Å². The number of nitrogens with one attached hydrogen (secondary N) is 2. The Morgan fingerprint density at radius 3 is 2.68 bits per heavy atom. The maximum absolute atomic E-state index is 12.2. The van der Waals surface area contributed by atoms with Crippen LogP contribution in [0.25, 0.3) is 0 Å². The van der Waals surface area contributed by atoms with Crippen molar-refractivity contribution < 1.29 is 9.53 Å². The van der Waals surface area contributed by atoms with Gasteiger partial charge in [-0.2, -0.15) is 0 Å². The largest absolute Gasteiger partial charge is 0.492 e. The van der Waals surface area contributed by atoms with Gasteiger partial charge in [-0.3, -0.25) is 10.1 Å². The van der Waals surface area contributed by atoms with Gasteiger partial charge in [0.1, 0.15) is 5.75 Å². The van der Waals surface area contributed by atoms with Gasteiger partial charge >= 0.3 is 0 Å². The highest BCUT2D eigenvalue weighted by atomic mass is 79.9. The summed E-state index contributed by atoms with van der Waals surface area (Å²) in [4.78, 5) is 12.2. The van der Waals surface area contributed by atoms with Crippen LogP contribution < -0.4 is 15.4 Å². The van der Waals surface area contributed by atoms with Crippen molar-refractivity contribution in [1.82, 2.24) is 10.6 Å². The van der Waals surface area contributed by atoms with Crippen molar-refractivity contribution in [2.24, 2.45) is 0 Å². The molecule has 0 heterocycles. The average Bonchev–Trinajstić information content (AvgIpc) is 2.62. The highest BCUT2D eigenvalue weighted by Gasteiger charge is 2.10. The normalized spacial score (nSPS) is 9.96. The summed E-state index contributed by atoms with van der Waals surface area (Å²) in [5, 5.41) is 5.73. The molecule has 2 N–H and O–H groups in total. The molecular weight excluding hydrogens is 400 g/mol. The van der Waals surface area contributed by atoms with Crippen LogP contribution in [0.15, 0.2) is 65.7 Å². The third-order valence-electron chi connectivity index (χ3n) is 3.32. The number of thiocarbonyl (C=S) groups is 1. The van der Waals surface area contributed by atoms with Gasteiger partial charge in [0.25, 0.3) is 5.91 Å². The second-order valence-electron chi connectivity index (χ2n) is 5.18. The molecule has 0 fully saturated rings. The molecule has 25 heavy (non-hydrogen) atoms. The van der Waals surface area contributed by atoms with Gasteiger partial charge in [0.2, 0.25) is 0 Å². The summed E-state index contributed by atoms with van der Waals surface area (Å²) in [5.74, 6) is 0.415. The number of hydrogen-bond acceptors (Lipinski definition) is 3. The Bertz CT molecular complexity index is 750. The summed E-state index contributed by atoms with van der Waals surface area (Å²) in [6.45, 7) is 4.64. The van der Waals surface area contributed by atoms with Crippen molar-refractivity contribution in [3.8, 4) is 5.75 Å². The first-order chi connectivity index (χ1) is 12.1. The summed E-state index contributed by atoms with van der Waals surface area (Å²) < 4.78 is 6.50. The first kappa shape index (κ1) is 19.1. The standard InChI is InChI=1S/C19H19BrN2O2S/c1-2-11-21-19(25)22-18(23)15-8-9-17(16(20)13-15)24-12-10-14-6-4-3-5-7-14/h2-9,13H,1,10-12H2,(H2,21,22,23,25). The van der Waals surface area contributed by atoms with E-state index in [1.165, 1.54) is 5.56 Å². The molecule has 2 aromatic carbocycles. The lowest BCUT2D eigenvalue weighted by atomic mass is 10.2. The molecule has 0 bridgehead atoms. The van der Waals surface area contributed by atoms with Crippen molar-refractivity contribution in [3.05, 3.63) is 76.8 Å². The van der Waals surface area contributed by atoms with Crippen LogP contribution in [-0.4, -0.2) is 24.2 Å². The minimum atomic E-state index is -0.280. The fourth-order valence-corrected chi connectivity index (χ4v) is 2.74. The topological polar surface area (TPSA) is 50.4 Å². The van der Waals surface area contributed by atoms with Gasteiger partial charge in [0, 0.05) is 18.5 Å². The predicted molar refractivity (Wildman–Crippen MR) is 108 cm³/mol. The number of ether oxygens (including phenoxy) is 1. The minimum Gasteiger partial charge on any atom is -0.492 e. The first-order valence-corrected chi connectivity index (χ1v) is 8.96. The third kappa shape index (κ3) is 6.32. The fraction of sp³-hybridized carbons (Fsp3) is 0.158. The molecule has 0 aromatic heterocycles. The molecule has 0 saturated carbocycles. The smallest absolute Gasteiger partial charge is 0.257 e. The zero-order valence-corrected chi connectivity index (χ0v) is 16.0. The van der Waals surface area contributed by atoms with Crippen LogP contribution in [0.2, 0.25) is 0 Å². The number of carbonyl (C=O) groups excluding carboxylic acids is 1. The van der Waals surface area contributed by atoms with E-state index >= 15 is 0 Å². The van der Waals surface area contributed by atoms with Gasteiger partial charge in [-0.1, -0.05) is 36.4 Å². The van der Waals surface area contributed by atoms with Crippen LogP contribution in [0.4, 0.5) is 0 Å². The van der Waals surface area contributed by atoms with Crippen LogP contribution in [-0.2, 0) is 6.42 Å². The van der Waals surface area contributed by atoms with Crippen LogP contribution in [0.5, 0.6) is 5.75 Å². The summed E-state index contributed by atoms with van der Waals surface area (Å²) in [6, 6.07) is 15.3. The second-order valence-corrected chi connectivity index (χ2v) is 6.44. The fourth-order valence-electron chi connectivity index (χ4n) is 2.07. The van der Waals surface area contributed by atoms with E-state index in [9.17, 15) is 4.79 Å². The van der Waals surface area contributed by atoms with E-state index in [4.69, 9.17) is 17.0 Å². The number of halogens is 1. The van der Waals surface area contributed by atoms with Crippen molar-refractivity contribution >= 4 is 39.2 Å². The van der Waals surface area contributed by atoms with Gasteiger partial charge in [0.15, 0.2) is 5.11 Å². The Labute approximate surface area is 161 Å². The summed E-state index contributed by atoms with van der Waals surface area (Å²) >= 11 is 8.47. The Morgan fingerprint density at radius 2 is 2.00 bits per heavy atom. The van der Waals surface area contributed by atoms with E-state index < -0.39 is 0 Å². The number of rotatable bonds is 7. The number of carbonyl (C=O) groups is 1. The van der Waals surface area contributed by atoms with Crippen molar-refractivity contribution in [2.45, 2.75) is 6.42 Å². The van der Waals surface area contributed by atoms with Crippen molar-refractivity contribution in [3.63, 3.8) is 0 Å². The Morgan fingerprint density at radius 1 is 1.24 bits per heavy atom. The lowest BCUT2D eigenvalue weighted by Crippen LogP contribution is -2.39. The molecule has 0 aliphatic heterocycles. The van der Waals surface area contributed by atoms with Gasteiger partial charge in [0.05, 0.1) is 11.1 Å². The Hall–Kier alpha value is -2.18. The van der Waals surface area contributed by atoms with E-state index in [-0.39, 0.29) is 11.0 Å². The molecule has 1 amide bonds. The van der Waals surface area contributed by atoms with Gasteiger partial charge in [-0.05, 0) is 51.9 Å². The number of hydrogen-bond donors (Lipinski definition) is 2. The molecule has 4 nitrogen and oxygen atoms in total. The van der Waals surface area contributed by atoms with Crippen LogP contribution in [0.3, 0.4) is 0 Å². The molecule has 0 spiro atoms. The summed E-state index contributed by atoms with van der Waals surface area (Å²) in [5.41, 5.74) is 1.71. The van der Waals surface area contributed by atoms with Gasteiger partial charge in [-0.15, -0.1) is 6.58 Å². The van der Waals surface area contributed by atoms with E-state index in [1.807, 2.05) is 18.2 Å². The summed E-state index contributed by atoms with van der Waals surface area (Å²) in [7, 11) is 0. The molecule has 0 unspecified atom stereocenters. The number of benzene rings is 2. The monoisotopic (exact) mass is 418 g/mol. The van der Waals surface area contributed by atoms with Crippen molar-refractivity contribution in [2.75, 3.05) is 13.2 Å². The highest BCUT2D eigenvalue weighted by Crippen LogP contribution is 2.26. The molecule has 0 radical (unpaired) electrons. The first-order valence-electron chi connectivity index (χ1n) is 7.76. The van der Waals surface area contributed by atoms with E-state index in [0.717, 1.165) is 10.9 Å². The number of amides is 1. The molecule has 0 atom stereocenters. The summed E-state index contributed by atoms with van der Waals surface area (Å²) in [6.07, 6.45) is 2.48. The average molecular weight is 419 g/mol. The Kier molecular flexibility index (Phi) is 7.63. The van der Waals surface area contributed by atoms with Crippen molar-refractivity contribution in [1.29, 1.82) is 0 Å². The Balaban J connectivity index is 1.89. The van der Waals surface area contributed by atoms with E-state index in [1.54, 1.807) is 24.3 Å². The van der Waals surface area contributed by atoms with Crippen LogP contribution in [0, 0.1) is 0 Å². The molecule has 0 aliphatic rings. The zero-order valence-electron chi connectivity index (χ0n) is 13.6. The molecular formula is C19H19BrN2O2S. The molecule has 2 aromatic rings. The quantitative estimate of drug-likeness (QED) is 0.529. The zero-order chi connectivity index (χ0) is 18.1. The predicted octanol–water partition coefficient (Wildman–Crippen LogP) is 3.86. The molecule has 6 heteroatoms. The van der Waals surface area contributed by atoms with E-state index in [0.29, 0.717) is 24.5 Å². The SMILES string of the molecule is C=CCNC(=S)NC(=O)c1ccc(OCCc2ccccc2)c(Br)c1.